The van der Waals surface area contributed by atoms with Gasteiger partial charge in [0.2, 0.25) is 0 Å². The smallest absolute Gasteiger partial charge is 0.131 e. The standard InChI is InChI=1S/C11H17N3OS2/c1-4-14(5-6-15-2)11-10(16-3)9(13)8(7-12)17-11/h4-6,13H2,1-3H3. The summed E-state index contributed by atoms with van der Waals surface area (Å²) in [5.74, 6) is 0. The summed E-state index contributed by atoms with van der Waals surface area (Å²) >= 11 is 3.04. The first kappa shape index (κ1) is 14.2. The number of rotatable bonds is 6. The Morgan fingerprint density at radius 1 is 1.59 bits per heavy atom. The molecule has 0 atom stereocenters. The van der Waals surface area contributed by atoms with Crippen molar-refractivity contribution in [3.63, 3.8) is 0 Å². The number of nitriles is 1. The van der Waals surface area contributed by atoms with Crippen molar-refractivity contribution in [1.82, 2.24) is 0 Å². The number of nitrogens with two attached hydrogens (primary N) is 1. The number of nitrogens with zero attached hydrogens (tertiary/aromatic N) is 2. The van der Waals surface area contributed by atoms with Gasteiger partial charge in [-0.3, -0.25) is 0 Å². The number of thioether (sulfide) groups is 1. The van der Waals surface area contributed by atoms with Gasteiger partial charge in [0.25, 0.3) is 0 Å². The normalized spacial score (nSPS) is 10.2. The molecule has 0 spiro atoms. The minimum absolute atomic E-state index is 0.597. The molecule has 0 aliphatic carbocycles. The van der Waals surface area contributed by atoms with E-state index in [9.17, 15) is 0 Å². The Hall–Kier alpha value is -0.900. The van der Waals surface area contributed by atoms with Crippen LogP contribution in [0.2, 0.25) is 0 Å². The summed E-state index contributed by atoms with van der Waals surface area (Å²) in [5.41, 5.74) is 6.56. The van der Waals surface area contributed by atoms with E-state index in [0.29, 0.717) is 17.2 Å². The van der Waals surface area contributed by atoms with Crippen molar-refractivity contribution in [1.29, 1.82) is 5.26 Å². The second kappa shape index (κ2) is 6.74. The van der Waals surface area contributed by atoms with Crippen molar-refractivity contribution in [2.75, 3.05) is 43.7 Å². The van der Waals surface area contributed by atoms with Crippen LogP contribution in [0.15, 0.2) is 4.90 Å². The number of anilines is 2. The lowest BCUT2D eigenvalue weighted by molar-refractivity contribution is 0.205. The average molecular weight is 271 g/mol. The molecule has 1 aromatic heterocycles. The van der Waals surface area contributed by atoms with Crippen molar-refractivity contribution in [3.8, 4) is 6.07 Å². The zero-order valence-electron chi connectivity index (χ0n) is 10.3. The molecule has 2 N–H and O–H groups in total. The van der Waals surface area contributed by atoms with Crippen LogP contribution in [0.4, 0.5) is 10.7 Å². The van der Waals surface area contributed by atoms with Crippen LogP contribution in [0.1, 0.15) is 11.8 Å². The maximum atomic E-state index is 9.01. The first-order valence-electron chi connectivity index (χ1n) is 5.29. The van der Waals surface area contributed by atoms with E-state index in [4.69, 9.17) is 15.7 Å². The van der Waals surface area contributed by atoms with E-state index in [0.717, 1.165) is 23.0 Å². The van der Waals surface area contributed by atoms with Gasteiger partial charge < -0.3 is 15.4 Å². The largest absolute Gasteiger partial charge is 0.396 e. The molecule has 0 bridgehead atoms. The van der Waals surface area contributed by atoms with Gasteiger partial charge in [-0.2, -0.15) is 5.26 Å². The molecule has 6 heteroatoms. The molecule has 17 heavy (non-hydrogen) atoms. The molecule has 1 heterocycles. The highest BCUT2D eigenvalue weighted by Gasteiger charge is 2.19. The van der Waals surface area contributed by atoms with Crippen LogP contribution in [-0.4, -0.2) is 33.1 Å². The first-order chi connectivity index (χ1) is 8.19. The Kier molecular flexibility index (Phi) is 5.62. The maximum absolute atomic E-state index is 9.01. The van der Waals surface area contributed by atoms with Crippen molar-refractivity contribution < 1.29 is 4.74 Å². The van der Waals surface area contributed by atoms with Gasteiger partial charge in [-0.25, -0.2) is 0 Å². The third kappa shape index (κ3) is 3.06. The van der Waals surface area contributed by atoms with E-state index in [2.05, 4.69) is 17.9 Å². The van der Waals surface area contributed by atoms with Gasteiger partial charge in [-0.1, -0.05) is 0 Å². The van der Waals surface area contributed by atoms with Crippen LogP contribution in [0, 0.1) is 11.3 Å². The summed E-state index contributed by atoms with van der Waals surface area (Å²) in [4.78, 5) is 3.79. The fraction of sp³-hybridized carbons (Fsp3) is 0.545. The molecule has 0 aliphatic rings. The topological polar surface area (TPSA) is 62.3 Å². The van der Waals surface area contributed by atoms with Crippen LogP contribution >= 0.6 is 23.1 Å². The van der Waals surface area contributed by atoms with Gasteiger partial charge in [0.1, 0.15) is 15.9 Å². The highest BCUT2D eigenvalue weighted by atomic mass is 32.2. The Bertz CT molecular complexity index is 412. The third-order valence-corrected chi connectivity index (χ3v) is 4.54. The second-order valence-electron chi connectivity index (χ2n) is 3.37. The number of ether oxygens (including phenoxy) is 1. The van der Waals surface area contributed by atoms with E-state index in [1.807, 2.05) is 6.26 Å². The molecule has 4 nitrogen and oxygen atoms in total. The summed E-state index contributed by atoms with van der Waals surface area (Å²) in [6.07, 6.45) is 1.98. The molecule has 0 aliphatic heterocycles. The number of likely N-dealkylation sites (N-methyl/N-ethyl adjacent to an activating group) is 1. The van der Waals surface area contributed by atoms with Gasteiger partial charge in [-0.15, -0.1) is 23.1 Å². The van der Waals surface area contributed by atoms with Gasteiger partial charge in [0, 0.05) is 20.2 Å². The molecule has 94 valence electrons. The summed E-state index contributed by atoms with van der Waals surface area (Å²) in [7, 11) is 1.69. The highest BCUT2D eigenvalue weighted by Crippen LogP contribution is 2.43. The van der Waals surface area contributed by atoms with Crippen molar-refractivity contribution >= 4 is 33.8 Å². The van der Waals surface area contributed by atoms with Crippen LogP contribution < -0.4 is 10.6 Å². The van der Waals surface area contributed by atoms with Crippen LogP contribution in [0.25, 0.3) is 0 Å². The SMILES string of the molecule is CCN(CCOC)c1sc(C#N)c(N)c1SC. The number of nitrogen functional groups attached to an aromatic ring is 1. The Balaban J connectivity index is 3.06. The molecule has 0 unspecified atom stereocenters. The summed E-state index contributed by atoms with van der Waals surface area (Å²) in [5, 5.41) is 10.1. The Morgan fingerprint density at radius 3 is 2.76 bits per heavy atom. The Morgan fingerprint density at radius 2 is 2.29 bits per heavy atom. The highest BCUT2D eigenvalue weighted by molar-refractivity contribution is 7.99. The lowest BCUT2D eigenvalue weighted by atomic mass is 10.4. The predicted molar refractivity (Wildman–Crippen MR) is 75.0 cm³/mol. The van der Waals surface area contributed by atoms with Crippen molar-refractivity contribution in [2.24, 2.45) is 0 Å². The molecular weight excluding hydrogens is 254 g/mol. The molecule has 1 rings (SSSR count). The van der Waals surface area contributed by atoms with E-state index < -0.39 is 0 Å². The fourth-order valence-corrected chi connectivity index (χ4v) is 3.58. The number of hydrogen-bond donors (Lipinski definition) is 1. The van der Waals surface area contributed by atoms with Crippen molar-refractivity contribution in [3.05, 3.63) is 4.88 Å². The van der Waals surface area contributed by atoms with Crippen LogP contribution in [0.5, 0.6) is 0 Å². The summed E-state index contributed by atoms with van der Waals surface area (Å²) < 4.78 is 5.09. The quantitative estimate of drug-likeness (QED) is 0.805. The maximum Gasteiger partial charge on any atom is 0.131 e. The zero-order valence-corrected chi connectivity index (χ0v) is 12.0. The van der Waals surface area contributed by atoms with Crippen LogP contribution in [-0.2, 0) is 4.74 Å². The fourth-order valence-electron chi connectivity index (χ4n) is 1.51. The van der Waals surface area contributed by atoms with Crippen molar-refractivity contribution in [2.45, 2.75) is 11.8 Å². The van der Waals surface area contributed by atoms with Gasteiger partial charge in [0.15, 0.2) is 0 Å². The molecule has 0 fully saturated rings. The molecular formula is C11H17N3OS2. The van der Waals surface area contributed by atoms with E-state index >= 15 is 0 Å². The molecule has 0 radical (unpaired) electrons. The number of thiophene rings is 1. The number of hydrogen-bond acceptors (Lipinski definition) is 6. The molecule has 0 saturated carbocycles. The minimum Gasteiger partial charge on any atom is -0.396 e. The third-order valence-electron chi connectivity index (χ3n) is 2.42. The number of methoxy groups -OCH3 is 1. The molecule has 0 amide bonds. The monoisotopic (exact) mass is 271 g/mol. The zero-order chi connectivity index (χ0) is 12.8. The van der Waals surface area contributed by atoms with Gasteiger partial charge in [-0.05, 0) is 13.2 Å². The predicted octanol–water partition coefficient (Wildman–Crippen LogP) is 2.40. The Labute approximate surface area is 110 Å². The molecule has 0 aromatic carbocycles. The minimum atomic E-state index is 0.597. The van der Waals surface area contributed by atoms with Gasteiger partial charge in [0.05, 0.1) is 17.2 Å². The lowest BCUT2D eigenvalue weighted by Gasteiger charge is -2.21. The van der Waals surface area contributed by atoms with E-state index in [1.54, 1.807) is 18.9 Å². The van der Waals surface area contributed by atoms with Gasteiger partial charge >= 0.3 is 0 Å². The summed E-state index contributed by atoms with van der Waals surface area (Å²) in [6.45, 7) is 4.44. The average Bonchev–Trinajstić information content (AvgIpc) is 2.67. The molecule has 0 saturated heterocycles. The van der Waals surface area contributed by atoms with E-state index in [1.165, 1.54) is 11.3 Å². The first-order valence-corrected chi connectivity index (χ1v) is 7.33. The summed E-state index contributed by atoms with van der Waals surface area (Å²) in [6, 6.07) is 2.15. The van der Waals surface area contributed by atoms with E-state index in [-0.39, 0.29) is 0 Å². The molecule has 1 aromatic rings. The lowest BCUT2D eigenvalue weighted by Crippen LogP contribution is -2.26. The second-order valence-corrected chi connectivity index (χ2v) is 5.18. The van der Waals surface area contributed by atoms with Crippen LogP contribution in [0.3, 0.4) is 0 Å².